The summed E-state index contributed by atoms with van der Waals surface area (Å²) in [6.45, 7) is 1.75. The van der Waals surface area contributed by atoms with Crippen LogP contribution in [0.2, 0.25) is 0 Å². The minimum atomic E-state index is -0.512. The van der Waals surface area contributed by atoms with Crippen LogP contribution in [-0.2, 0) is 19.1 Å². The van der Waals surface area contributed by atoms with Crippen molar-refractivity contribution in [3.63, 3.8) is 0 Å². The third-order valence-corrected chi connectivity index (χ3v) is 4.41. The SMILES string of the molecule is COC(=S)NC[C@@H](CN(C)c1ccc(N2C=NN(C=O)CC2)c(F)c1)OC=O. The zero-order valence-corrected chi connectivity index (χ0v) is 16.4. The minimum absolute atomic E-state index is 0.189. The molecule has 0 spiro atoms. The van der Waals surface area contributed by atoms with Crippen molar-refractivity contribution in [2.75, 3.05) is 50.1 Å². The number of hydrazone groups is 1. The summed E-state index contributed by atoms with van der Waals surface area (Å²) in [5.74, 6) is -0.429. The van der Waals surface area contributed by atoms with E-state index in [4.69, 9.17) is 21.7 Å². The number of thiocarbonyl (C=S) groups is 1. The topological polar surface area (TPSA) is 86.7 Å². The average molecular weight is 411 g/mol. The van der Waals surface area contributed by atoms with Crippen LogP contribution in [0.15, 0.2) is 23.3 Å². The molecular formula is C17H22FN5O4S. The molecule has 11 heteroatoms. The average Bonchev–Trinajstić information content (AvgIpc) is 2.71. The zero-order valence-electron chi connectivity index (χ0n) is 15.6. The number of hydrogen-bond donors (Lipinski definition) is 1. The Balaban J connectivity index is 2.03. The molecule has 0 radical (unpaired) electrons. The van der Waals surface area contributed by atoms with Crippen LogP contribution in [0, 0.1) is 5.82 Å². The molecule has 9 nitrogen and oxygen atoms in total. The summed E-state index contributed by atoms with van der Waals surface area (Å²) in [7, 11) is 3.19. The van der Waals surface area contributed by atoms with E-state index in [-0.39, 0.29) is 11.7 Å². The van der Waals surface area contributed by atoms with E-state index in [9.17, 15) is 14.0 Å². The molecule has 0 fully saturated rings. The van der Waals surface area contributed by atoms with Gasteiger partial charge >= 0.3 is 0 Å². The third kappa shape index (κ3) is 5.78. The predicted molar refractivity (Wildman–Crippen MR) is 107 cm³/mol. The van der Waals surface area contributed by atoms with Crippen molar-refractivity contribution >= 4 is 48.0 Å². The number of likely N-dealkylation sites (N-methyl/N-ethyl adjacent to an activating group) is 1. The molecule has 2 rings (SSSR count). The largest absolute Gasteiger partial charge is 0.474 e. The Hall–Kier alpha value is -2.95. The number of halogens is 1. The molecule has 1 N–H and O–H groups in total. The number of benzene rings is 1. The number of rotatable bonds is 9. The second-order valence-corrected chi connectivity index (χ2v) is 6.31. The van der Waals surface area contributed by atoms with Crippen LogP contribution in [0.1, 0.15) is 0 Å². The Labute approximate surface area is 167 Å². The highest BCUT2D eigenvalue weighted by molar-refractivity contribution is 7.80. The lowest BCUT2D eigenvalue weighted by atomic mass is 10.2. The molecule has 0 aliphatic carbocycles. The van der Waals surface area contributed by atoms with Gasteiger partial charge in [-0.3, -0.25) is 9.59 Å². The molecule has 0 bridgehead atoms. The molecule has 0 saturated heterocycles. The smallest absolute Gasteiger partial charge is 0.293 e. The van der Waals surface area contributed by atoms with E-state index < -0.39 is 11.9 Å². The Morgan fingerprint density at radius 3 is 2.82 bits per heavy atom. The highest BCUT2D eigenvalue weighted by atomic mass is 32.1. The van der Waals surface area contributed by atoms with E-state index in [1.165, 1.54) is 24.5 Å². The van der Waals surface area contributed by atoms with E-state index >= 15 is 0 Å². The van der Waals surface area contributed by atoms with Crippen LogP contribution in [0.3, 0.4) is 0 Å². The summed E-state index contributed by atoms with van der Waals surface area (Å²) in [5, 5.41) is 8.17. The van der Waals surface area contributed by atoms with Crippen molar-refractivity contribution in [2.45, 2.75) is 6.10 Å². The highest BCUT2D eigenvalue weighted by Crippen LogP contribution is 2.25. The maximum Gasteiger partial charge on any atom is 0.293 e. The molecule has 1 aromatic carbocycles. The summed E-state index contributed by atoms with van der Waals surface area (Å²) in [6.07, 6.45) is 1.52. The summed E-state index contributed by atoms with van der Waals surface area (Å²) in [4.78, 5) is 24.8. The number of nitrogens with one attached hydrogen (secondary N) is 1. The number of ether oxygens (including phenoxy) is 2. The lowest BCUT2D eigenvalue weighted by Gasteiger charge is -2.28. The monoisotopic (exact) mass is 411 g/mol. The van der Waals surface area contributed by atoms with E-state index in [1.54, 1.807) is 29.0 Å². The molecule has 1 heterocycles. The number of hydrogen-bond acceptors (Lipinski definition) is 8. The van der Waals surface area contributed by atoms with Gasteiger partial charge in [-0.2, -0.15) is 5.10 Å². The first kappa shape index (κ1) is 21.4. The van der Waals surface area contributed by atoms with Crippen LogP contribution < -0.4 is 15.1 Å². The predicted octanol–water partition coefficient (Wildman–Crippen LogP) is 0.546. The molecule has 1 atom stereocenters. The number of carbonyl (C=O) groups is 2. The summed E-state index contributed by atoms with van der Waals surface area (Å²) in [6, 6.07) is 4.78. The summed E-state index contributed by atoms with van der Waals surface area (Å²) in [5.41, 5.74) is 0.970. The van der Waals surface area contributed by atoms with Gasteiger partial charge < -0.3 is 24.6 Å². The maximum atomic E-state index is 14.6. The highest BCUT2D eigenvalue weighted by Gasteiger charge is 2.18. The standard InChI is InChI=1S/C17H22FN5O4S/c1-21(9-14(27-12-25)8-19-17(28)26-2)13-3-4-16(15(18)7-13)22-5-6-23(11-24)20-10-22/h3-4,7,10-12,14H,5-6,8-9H2,1-2H3,(H,19,28)/t14-/m0/s1. The van der Waals surface area contributed by atoms with Gasteiger partial charge in [-0.05, 0) is 30.4 Å². The molecular weight excluding hydrogens is 389 g/mol. The lowest BCUT2D eigenvalue weighted by molar-refractivity contribution is -0.132. The Kier molecular flexibility index (Phi) is 7.93. The van der Waals surface area contributed by atoms with Crippen molar-refractivity contribution in [3.05, 3.63) is 24.0 Å². The molecule has 1 aliphatic rings. The van der Waals surface area contributed by atoms with Crippen molar-refractivity contribution in [1.29, 1.82) is 0 Å². The van der Waals surface area contributed by atoms with Crippen molar-refractivity contribution in [3.8, 4) is 0 Å². The number of amides is 1. The van der Waals surface area contributed by atoms with Gasteiger partial charge in [-0.1, -0.05) is 0 Å². The molecule has 1 aliphatic heterocycles. The normalized spacial score (nSPS) is 14.2. The second-order valence-electron chi connectivity index (χ2n) is 5.94. The van der Waals surface area contributed by atoms with E-state index in [0.717, 1.165) is 0 Å². The van der Waals surface area contributed by atoms with Gasteiger partial charge in [0.1, 0.15) is 18.3 Å². The third-order valence-electron chi connectivity index (χ3n) is 4.10. The first-order chi connectivity index (χ1) is 13.5. The fraction of sp³-hybridized carbons (Fsp3) is 0.412. The number of carbonyl (C=O) groups excluding carboxylic acids is 2. The quantitative estimate of drug-likeness (QED) is 0.466. The van der Waals surface area contributed by atoms with Crippen molar-refractivity contribution in [2.24, 2.45) is 5.10 Å². The van der Waals surface area contributed by atoms with Crippen LogP contribution in [0.4, 0.5) is 15.8 Å². The van der Waals surface area contributed by atoms with Crippen molar-refractivity contribution in [1.82, 2.24) is 10.3 Å². The number of anilines is 2. The zero-order chi connectivity index (χ0) is 20.5. The van der Waals surface area contributed by atoms with Crippen LogP contribution in [-0.4, -0.2) is 75.8 Å². The molecule has 0 saturated carbocycles. The van der Waals surface area contributed by atoms with Gasteiger partial charge in [-0.15, -0.1) is 0 Å². The number of nitrogens with zero attached hydrogens (tertiary/aromatic N) is 4. The van der Waals surface area contributed by atoms with Crippen LogP contribution in [0.25, 0.3) is 0 Å². The molecule has 152 valence electrons. The Morgan fingerprint density at radius 1 is 1.46 bits per heavy atom. The molecule has 0 aromatic heterocycles. The fourth-order valence-electron chi connectivity index (χ4n) is 2.60. The fourth-order valence-corrected chi connectivity index (χ4v) is 2.68. The Bertz CT molecular complexity index is 735. The van der Waals surface area contributed by atoms with E-state index in [1.807, 2.05) is 0 Å². The molecule has 28 heavy (non-hydrogen) atoms. The van der Waals surface area contributed by atoms with Gasteiger partial charge in [0.25, 0.3) is 11.6 Å². The minimum Gasteiger partial charge on any atom is -0.474 e. The van der Waals surface area contributed by atoms with E-state index in [0.29, 0.717) is 43.9 Å². The van der Waals surface area contributed by atoms with Gasteiger partial charge in [0, 0.05) is 19.3 Å². The first-order valence-electron chi connectivity index (χ1n) is 8.42. The summed E-state index contributed by atoms with van der Waals surface area (Å²) >= 11 is 4.90. The van der Waals surface area contributed by atoms with Gasteiger partial charge in [-0.25, -0.2) is 9.40 Å². The molecule has 1 amide bonds. The van der Waals surface area contributed by atoms with Crippen LogP contribution in [0.5, 0.6) is 0 Å². The van der Waals surface area contributed by atoms with Crippen molar-refractivity contribution < 1.29 is 23.5 Å². The molecule has 1 aromatic rings. The Morgan fingerprint density at radius 2 is 2.25 bits per heavy atom. The van der Waals surface area contributed by atoms with E-state index in [2.05, 4.69) is 10.4 Å². The van der Waals surface area contributed by atoms with Gasteiger partial charge in [0.15, 0.2) is 0 Å². The van der Waals surface area contributed by atoms with Gasteiger partial charge in [0.2, 0.25) is 6.41 Å². The summed E-state index contributed by atoms with van der Waals surface area (Å²) < 4.78 is 24.5. The molecule has 0 unspecified atom stereocenters. The number of methoxy groups -OCH3 is 1. The second kappa shape index (κ2) is 10.4. The first-order valence-corrected chi connectivity index (χ1v) is 8.83. The lowest BCUT2D eigenvalue weighted by Crippen LogP contribution is -2.40. The van der Waals surface area contributed by atoms with Gasteiger partial charge in [0.05, 0.1) is 32.4 Å². The maximum absolute atomic E-state index is 14.6. The van der Waals surface area contributed by atoms with Crippen LogP contribution >= 0.6 is 12.2 Å².